The smallest absolute Gasteiger partial charge is 0.313 e. The molecule has 0 saturated heterocycles. The number of hydrogen-bond acceptors (Lipinski definition) is 5. The number of ether oxygens (including phenoxy) is 2. The second kappa shape index (κ2) is 11.3. The van der Waals surface area contributed by atoms with Gasteiger partial charge in [0.05, 0.1) is 19.6 Å². The minimum Gasteiger partial charge on any atom is -0.420 e. The lowest BCUT2D eigenvalue weighted by Crippen LogP contribution is -2.18. The van der Waals surface area contributed by atoms with Gasteiger partial charge in [-0.2, -0.15) is 4.39 Å². The number of nitrogens with one attached hydrogen (secondary N) is 1. The first-order valence-corrected chi connectivity index (χ1v) is 8.10. The summed E-state index contributed by atoms with van der Waals surface area (Å²) in [5.41, 5.74) is 0.0270. The van der Waals surface area contributed by atoms with Crippen molar-refractivity contribution in [2.75, 3.05) is 26.4 Å². The maximum Gasteiger partial charge on any atom is 0.313 e. The molecule has 5 nitrogen and oxygen atoms in total. The highest BCUT2D eigenvalue weighted by molar-refractivity contribution is 5.72. The van der Waals surface area contributed by atoms with E-state index in [1.807, 2.05) is 0 Å². The van der Waals surface area contributed by atoms with E-state index < -0.39 is 40.6 Å². The average molecular weight is 391 g/mol. The van der Waals surface area contributed by atoms with Gasteiger partial charge in [0.1, 0.15) is 0 Å². The van der Waals surface area contributed by atoms with E-state index in [-0.39, 0.29) is 26.2 Å². The molecule has 0 aliphatic rings. The normalized spacial score (nSPS) is 11.4. The van der Waals surface area contributed by atoms with Crippen molar-refractivity contribution in [3.05, 3.63) is 53.3 Å². The quantitative estimate of drug-likeness (QED) is 0.116. The summed E-state index contributed by atoms with van der Waals surface area (Å²) < 4.78 is 63.4. The molecule has 27 heavy (non-hydrogen) atoms. The highest BCUT2D eigenvalue weighted by atomic mass is 19.2. The molecule has 0 bridgehead atoms. The number of carbonyl (C=O) groups excluding carboxylic acids is 1. The van der Waals surface area contributed by atoms with Crippen molar-refractivity contribution in [3.8, 4) is 5.75 Å². The highest BCUT2D eigenvalue weighted by Gasteiger charge is 2.26. The van der Waals surface area contributed by atoms with Gasteiger partial charge < -0.3 is 19.9 Å². The predicted molar refractivity (Wildman–Crippen MR) is 90.1 cm³/mol. The van der Waals surface area contributed by atoms with Crippen molar-refractivity contribution in [1.29, 1.82) is 0 Å². The maximum absolute atomic E-state index is 13.7. The Hall–Kier alpha value is -2.39. The number of aliphatic hydroxyl groups is 1. The third-order valence-corrected chi connectivity index (χ3v) is 3.45. The zero-order valence-electron chi connectivity index (χ0n) is 14.8. The SMILES string of the molecule is C=C/C(=C\NCCOCCC(=O)Oc1c(F)c(C)c(F)c(F)c1F)CCO. The van der Waals surface area contributed by atoms with E-state index in [9.17, 15) is 22.4 Å². The second-order valence-electron chi connectivity index (χ2n) is 5.40. The Balaban J connectivity index is 2.40. The van der Waals surface area contributed by atoms with Crippen LogP contribution < -0.4 is 10.1 Å². The van der Waals surface area contributed by atoms with Gasteiger partial charge in [-0.3, -0.25) is 4.79 Å². The lowest BCUT2D eigenvalue weighted by atomic mass is 10.2. The number of aliphatic hydroxyl groups excluding tert-OH is 1. The van der Waals surface area contributed by atoms with Crippen molar-refractivity contribution in [2.45, 2.75) is 19.8 Å². The molecule has 0 aliphatic heterocycles. The third-order valence-electron chi connectivity index (χ3n) is 3.45. The van der Waals surface area contributed by atoms with E-state index in [2.05, 4.69) is 16.6 Å². The van der Waals surface area contributed by atoms with Crippen molar-refractivity contribution < 1.29 is 36.9 Å². The van der Waals surface area contributed by atoms with Crippen LogP contribution in [0.3, 0.4) is 0 Å². The van der Waals surface area contributed by atoms with Crippen LogP contribution >= 0.6 is 0 Å². The van der Waals surface area contributed by atoms with Crippen LogP contribution in [0.5, 0.6) is 5.75 Å². The molecule has 0 aliphatic carbocycles. The van der Waals surface area contributed by atoms with E-state index in [0.717, 1.165) is 12.5 Å². The first-order valence-electron chi connectivity index (χ1n) is 8.10. The average Bonchev–Trinajstić information content (AvgIpc) is 2.66. The fourth-order valence-corrected chi connectivity index (χ4v) is 1.93. The molecule has 150 valence electrons. The van der Waals surface area contributed by atoms with E-state index in [0.29, 0.717) is 13.0 Å². The van der Waals surface area contributed by atoms with Gasteiger partial charge in [-0.05, 0) is 25.1 Å². The number of carbonyl (C=O) groups is 1. The molecule has 0 fully saturated rings. The molecule has 9 heteroatoms. The summed E-state index contributed by atoms with van der Waals surface area (Å²) in [6.45, 7) is 5.02. The molecule has 0 atom stereocenters. The molecule has 2 N–H and O–H groups in total. The van der Waals surface area contributed by atoms with Crippen LogP contribution in [-0.4, -0.2) is 37.4 Å². The van der Waals surface area contributed by atoms with Gasteiger partial charge >= 0.3 is 5.97 Å². The van der Waals surface area contributed by atoms with Crippen LogP contribution in [0.4, 0.5) is 17.6 Å². The number of allylic oxidation sites excluding steroid dienone is 1. The van der Waals surface area contributed by atoms with Crippen LogP contribution in [0.1, 0.15) is 18.4 Å². The van der Waals surface area contributed by atoms with Gasteiger partial charge in [-0.1, -0.05) is 12.7 Å². The maximum atomic E-state index is 13.7. The zero-order valence-corrected chi connectivity index (χ0v) is 14.8. The Morgan fingerprint density at radius 2 is 1.81 bits per heavy atom. The molecule has 0 heterocycles. The van der Waals surface area contributed by atoms with Gasteiger partial charge in [-0.15, -0.1) is 0 Å². The van der Waals surface area contributed by atoms with Crippen molar-refractivity contribution in [2.24, 2.45) is 0 Å². The Morgan fingerprint density at radius 1 is 1.11 bits per heavy atom. The molecule has 0 radical (unpaired) electrons. The second-order valence-corrected chi connectivity index (χ2v) is 5.40. The van der Waals surface area contributed by atoms with E-state index >= 15 is 0 Å². The molecule has 1 aromatic rings. The molecular formula is C18H21F4NO4. The van der Waals surface area contributed by atoms with Crippen LogP contribution in [0.2, 0.25) is 0 Å². The lowest BCUT2D eigenvalue weighted by Gasteiger charge is -2.10. The predicted octanol–water partition coefficient (Wildman–Crippen LogP) is 2.91. The molecule has 0 saturated carbocycles. The summed E-state index contributed by atoms with van der Waals surface area (Å²) in [6.07, 6.45) is 3.38. The number of benzene rings is 1. The third kappa shape index (κ3) is 6.69. The van der Waals surface area contributed by atoms with E-state index in [4.69, 9.17) is 9.84 Å². The summed E-state index contributed by atoms with van der Waals surface area (Å²) in [5, 5.41) is 11.7. The van der Waals surface area contributed by atoms with Gasteiger partial charge in [-0.25, -0.2) is 13.2 Å². The zero-order chi connectivity index (χ0) is 20.4. The monoisotopic (exact) mass is 391 g/mol. The van der Waals surface area contributed by atoms with Crippen LogP contribution in [-0.2, 0) is 9.53 Å². The topological polar surface area (TPSA) is 67.8 Å². The minimum atomic E-state index is -1.91. The van der Waals surface area contributed by atoms with Gasteiger partial charge in [0, 0.05) is 18.7 Å². The van der Waals surface area contributed by atoms with Crippen molar-refractivity contribution >= 4 is 5.97 Å². The Bertz CT molecular complexity index is 678. The largest absolute Gasteiger partial charge is 0.420 e. The van der Waals surface area contributed by atoms with Crippen molar-refractivity contribution in [1.82, 2.24) is 5.32 Å². The number of esters is 1. The van der Waals surface area contributed by atoms with Gasteiger partial charge in [0.2, 0.25) is 11.6 Å². The first-order chi connectivity index (χ1) is 12.8. The fraction of sp³-hybridized carbons (Fsp3) is 0.389. The summed E-state index contributed by atoms with van der Waals surface area (Å²) in [5.74, 6) is -9.29. The molecule has 1 aromatic carbocycles. The summed E-state index contributed by atoms with van der Waals surface area (Å²) in [6, 6.07) is 0. The molecule has 0 aromatic heterocycles. The molecule has 1 rings (SSSR count). The van der Waals surface area contributed by atoms with Crippen LogP contribution in [0, 0.1) is 30.2 Å². The van der Waals surface area contributed by atoms with Gasteiger partial charge in [0.15, 0.2) is 17.5 Å². The summed E-state index contributed by atoms with van der Waals surface area (Å²) >= 11 is 0. The fourth-order valence-electron chi connectivity index (χ4n) is 1.93. The molecule has 0 spiro atoms. The Kier molecular flexibility index (Phi) is 9.52. The summed E-state index contributed by atoms with van der Waals surface area (Å²) in [4.78, 5) is 11.6. The molecule has 0 amide bonds. The van der Waals surface area contributed by atoms with E-state index in [1.54, 1.807) is 12.3 Å². The van der Waals surface area contributed by atoms with Crippen LogP contribution in [0.25, 0.3) is 0 Å². The number of hydrogen-bond donors (Lipinski definition) is 2. The Labute approximate surface area is 154 Å². The summed E-state index contributed by atoms with van der Waals surface area (Å²) in [7, 11) is 0. The standard InChI is InChI=1S/C18H21F4NO4/c1-3-12(4-7-24)10-23-6-9-26-8-5-13(25)27-18-15(20)11(2)14(19)16(21)17(18)22/h3,10,23-24H,1,4-9H2,2H3/b12-10+. The number of halogens is 4. The first kappa shape index (κ1) is 22.7. The van der Waals surface area contributed by atoms with Gasteiger partial charge in [0.25, 0.3) is 0 Å². The van der Waals surface area contributed by atoms with Crippen molar-refractivity contribution in [3.63, 3.8) is 0 Å². The van der Waals surface area contributed by atoms with E-state index in [1.165, 1.54) is 0 Å². The van der Waals surface area contributed by atoms with Crippen LogP contribution in [0.15, 0.2) is 24.4 Å². The lowest BCUT2D eigenvalue weighted by molar-refractivity contribution is -0.136. The minimum absolute atomic E-state index is 0.00316. The highest BCUT2D eigenvalue weighted by Crippen LogP contribution is 2.29. The molecular weight excluding hydrogens is 370 g/mol. The molecule has 0 unspecified atom stereocenters. The Morgan fingerprint density at radius 3 is 2.44 bits per heavy atom. The number of rotatable bonds is 11.